The van der Waals surface area contributed by atoms with Gasteiger partial charge in [-0.1, -0.05) is 30.1 Å². The number of amides is 1. The first-order valence-electron chi connectivity index (χ1n) is 7.32. The summed E-state index contributed by atoms with van der Waals surface area (Å²) in [5, 5.41) is 6.66. The zero-order valence-corrected chi connectivity index (χ0v) is 12.6. The topological polar surface area (TPSA) is 77.0 Å². The smallest absolute Gasteiger partial charge is 0.337 e. The molecule has 1 aromatic rings. The second-order valence-corrected chi connectivity index (χ2v) is 5.17. The lowest BCUT2D eigenvalue weighted by Gasteiger charge is -2.10. The first-order chi connectivity index (χ1) is 10.7. The molecule has 0 saturated heterocycles. The molecule has 0 unspecified atom stereocenters. The number of ether oxygens (including phenoxy) is 1. The van der Waals surface area contributed by atoms with Crippen LogP contribution in [0.1, 0.15) is 41.6 Å². The van der Waals surface area contributed by atoms with Crippen molar-refractivity contribution < 1.29 is 19.2 Å². The maximum atomic E-state index is 11.6. The SMILES string of the molecule is COC(=O)c1ccc(/C=N/OCC(=O)NC2CCCC2)cc1. The van der Waals surface area contributed by atoms with Crippen molar-refractivity contribution in [3.05, 3.63) is 35.4 Å². The molecule has 22 heavy (non-hydrogen) atoms. The Bertz CT molecular complexity index is 534. The van der Waals surface area contributed by atoms with Gasteiger partial charge in [-0.05, 0) is 30.5 Å². The highest BCUT2D eigenvalue weighted by Crippen LogP contribution is 2.17. The van der Waals surface area contributed by atoms with Gasteiger partial charge in [0.05, 0.1) is 18.9 Å². The summed E-state index contributed by atoms with van der Waals surface area (Å²) in [6, 6.07) is 7.00. The second-order valence-electron chi connectivity index (χ2n) is 5.17. The predicted octanol–water partition coefficient (Wildman–Crippen LogP) is 1.88. The molecule has 0 radical (unpaired) electrons. The van der Waals surface area contributed by atoms with E-state index in [-0.39, 0.29) is 24.5 Å². The van der Waals surface area contributed by atoms with Crippen molar-refractivity contribution in [2.24, 2.45) is 5.16 Å². The number of nitrogens with one attached hydrogen (secondary N) is 1. The summed E-state index contributed by atoms with van der Waals surface area (Å²) < 4.78 is 4.61. The van der Waals surface area contributed by atoms with Crippen LogP contribution in [0, 0.1) is 0 Å². The van der Waals surface area contributed by atoms with Crippen LogP contribution in [-0.2, 0) is 14.4 Å². The number of carbonyl (C=O) groups is 2. The molecule has 1 amide bonds. The van der Waals surface area contributed by atoms with E-state index in [1.807, 2.05) is 0 Å². The molecule has 118 valence electrons. The number of methoxy groups -OCH3 is 1. The van der Waals surface area contributed by atoms with Crippen LogP contribution in [0.4, 0.5) is 0 Å². The van der Waals surface area contributed by atoms with Gasteiger partial charge in [0, 0.05) is 6.04 Å². The van der Waals surface area contributed by atoms with Gasteiger partial charge in [0.15, 0.2) is 6.61 Å². The van der Waals surface area contributed by atoms with E-state index in [0.29, 0.717) is 5.56 Å². The van der Waals surface area contributed by atoms with Crippen LogP contribution < -0.4 is 5.32 Å². The molecule has 0 aromatic heterocycles. The van der Waals surface area contributed by atoms with Crippen LogP contribution in [0.5, 0.6) is 0 Å². The minimum absolute atomic E-state index is 0.0900. The number of hydrogen-bond donors (Lipinski definition) is 1. The van der Waals surface area contributed by atoms with Crippen molar-refractivity contribution >= 4 is 18.1 Å². The zero-order valence-electron chi connectivity index (χ0n) is 12.6. The quantitative estimate of drug-likeness (QED) is 0.494. The van der Waals surface area contributed by atoms with E-state index in [0.717, 1.165) is 18.4 Å². The molecule has 2 rings (SSSR count). The maximum absolute atomic E-state index is 11.6. The first-order valence-corrected chi connectivity index (χ1v) is 7.32. The monoisotopic (exact) mass is 304 g/mol. The molecule has 1 aliphatic carbocycles. The molecule has 6 nitrogen and oxygen atoms in total. The van der Waals surface area contributed by atoms with E-state index < -0.39 is 0 Å². The van der Waals surface area contributed by atoms with Crippen molar-refractivity contribution in [3.63, 3.8) is 0 Å². The third kappa shape index (κ3) is 4.87. The molecule has 1 N–H and O–H groups in total. The third-order valence-corrected chi connectivity index (χ3v) is 3.52. The molecule has 1 saturated carbocycles. The highest BCUT2D eigenvalue weighted by Gasteiger charge is 2.16. The van der Waals surface area contributed by atoms with E-state index in [4.69, 9.17) is 4.84 Å². The van der Waals surface area contributed by atoms with Crippen LogP contribution in [0.3, 0.4) is 0 Å². The van der Waals surface area contributed by atoms with E-state index in [9.17, 15) is 9.59 Å². The Hall–Kier alpha value is -2.37. The lowest BCUT2D eigenvalue weighted by molar-refractivity contribution is -0.126. The molecule has 0 bridgehead atoms. The van der Waals surface area contributed by atoms with Gasteiger partial charge in [-0.3, -0.25) is 4.79 Å². The molecule has 1 fully saturated rings. The largest absolute Gasteiger partial charge is 0.465 e. The molecule has 0 spiro atoms. The molecular weight excluding hydrogens is 284 g/mol. The number of benzene rings is 1. The summed E-state index contributed by atoms with van der Waals surface area (Å²) in [5.74, 6) is -0.534. The van der Waals surface area contributed by atoms with E-state index in [1.54, 1.807) is 24.3 Å². The van der Waals surface area contributed by atoms with Crippen LogP contribution in [0.25, 0.3) is 0 Å². The van der Waals surface area contributed by atoms with Crippen LogP contribution >= 0.6 is 0 Å². The van der Waals surface area contributed by atoms with Gasteiger partial charge in [-0.2, -0.15) is 0 Å². The molecule has 1 aliphatic rings. The Balaban J connectivity index is 1.72. The van der Waals surface area contributed by atoms with Crippen molar-refractivity contribution in [1.29, 1.82) is 0 Å². The Morgan fingerprint density at radius 2 is 1.95 bits per heavy atom. The fourth-order valence-electron chi connectivity index (χ4n) is 2.36. The minimum Gasteiger partial charge on any atom is -0.465 e. The Labute approximate surface area is 129 Å². The third-order valence-electron chi connectivity index (χ3n) is 3.52. The molecule has 0 aliphatic heterocycles. The Morgan fingerprint density at radius 1 is 1.27 bits per heavy atom. The lowest BCUT2D eigenvalue weighted by atomic mass is 10.1. The summed E-state index contributed by atoms with van der Waals surface area (Å²) in [7, 11) is 1.34. The molecule has 0 heterocycles. The average Bonchev–Trinajstić information content (AvgIpc) is 3.04. The van der Waals surface area contributed by atoms with Gasteiger partial charge >= 0.3 is 5.97 Å². The van der Waals surface area contributed by atoms with Crippen LogP contribution in [0.15, 0.2) is 29.4 Å². The summed E-state index contributed by atoms with van der Waals surface area (Å²) in [4.78, 5) is 27.9. The second kappa shape index (κ2) is 8.17. The van der Waals surface area contributed by atoms with Gasteiger partial charge in [0.25, 0.3) is 5.91 Å². The highest BCUT2D eigenvalue weighted by molar-refractivity contribution is 5.90. The molecule has 6 heteroatoms. The van der Waals surface area contributed by atoms with Crippen molar-refractivity contribution in [2.45, 2.75) is 31.7 Å². The van der Waals surface area contributed by atoms with E-state index in [2.05, 4.69) is 15.2 Å². The zero-order chi connectivity index (χ0) is 15.8. The predicted molar refractivity (Wildman–Crippen MR) is 81.7 cm³/mol. The van der Waals surface area contributed by atoms with Gasteiger partial charge in [0.2, 0.25) is 0 Å². The van der Waals surface area contributed by atoms with Crippen molar-refractivity contribution in [1.82, 2.24) is 5.32 Å². The molecular formula is C16H20N2O4. The number of esters is 1. The number of hydrogen-bond acceptors (Lipinski definition) is 5. The van der Waals surface area contributed by atoms with Gasteiger partial charge in [0.1, 0.15) is 0 Å². The number of oxime groups is 1. The first kappa shape index (κ1) is 16.0. The Kier molecular flexibility index (Phi) is 5.94. The summed E-state index contributed by atoms with van der Waals surface area (Å²) in [6.45, 7) is -0.0900. The number of carbonyl (C=O) groups excluding carboxylic acids is 2. The van der Waals surface area contributed by atoms with Crippen molar-refractivity contribution in [2.75, 3.05) is 13.7 Å². The highest BCUT2D eigenvalue weighted by atomic mass is 16.6. The standard InChI is InChI=1S/C16H20N2O4/c1-21-16(20)13-8-6-12(7-9-13)10-17-22-11-15(19)18-14-4-2-3-5-14/h6-10,14H,2-5,11H2,1H3,(H,18,19)/b17-10+. The molecule has 1 aromatic carbocycles. The molecule has 0 atom stereocenters. The maximum Gasteiger partial charge on any atom is 0.337 e. The fourth-order valence-corrected chi connectivity index (χ4v) is 2.36. The van der Waals surface area contributed by atoms with Crippen LogP contribution in [-0.4, -0.2) is 37.8 Å². The van der Waals surface area contributed by atoms with Crippen molar-refractivity contribution in [3.8, 4) is 0 Å². The lowest BCUT2D eigenvalue weighted by Crippen LogP contribution is -2.34. The van der Waals surface area contributed by atoms with Crippen LogP contribution in [0.2, 0.25) is 0 Å². The summed E-state index contributed by atoms with van der Waals surface area (Å²) >= 11 is 0. The Morgan fingerprint density at radius 3 is 2.59 bits per heavy atom. The van der Waals surface area contributed by atoms with Gasteiger partial charge < -0.3 is 14.9 Å². The average molecular weight is 304 g/mol. The normalized spacial score (nSPS) is 15.0. The summed E-state index contributed by atoms with van der Waals surface area (Å²) in [6.07, 6.45) is 5.92. The fraction of sp³-hybridized carbons (Fsp3) is 0.438. The number of rotatable bonds is 6. The number of nitrogens with zero attached hydrogens (tertiary/aromatic N) is 1. The minimum atomic E-state index is -0.386. The summed E-state index contributed by atoms with van der Waals surface area (Å²) in [5.41, 5.74) is 1.24. The van der Waals surface area contributed by atoms with E-state index >= 15 is 0 Å². The van der Waals surface area contributed by atoms with Gasteiger partial charge in [-0.15, -0.1) is 0 Å². The van der Waals surface area contributed by atoms with E-state index in [1.165, 1.54) is 26.2 Å². The van der Waals surface area contributed by atoms with Gasteiger partial charge in [-0.25, -0.2) is 4.79 Å².